The largest absolute Gasteiger partial charge is 0.762 e. The second kappa shape index (κ2) is 45.1. The lowest BCUT2D eigenvalue weighted by Gasteiger charge is -1.90. The first kappa shape index (κ1) is 63.2. The summed E-state index contributed by atoms with van der Waals surface area (Å²) in [6.07, 6.45) is 32.6. The van der Waals surface area contributed by atoms with E-state index in [0.29, 0.717) is 0 Å². The first-order valence-electron chi connectivity index (χ1n) is 20.0. The third kappa shape index (κ3) is 37.6. The van der Waals surface area contributed by atoms with E-state index >= 15 is 0 Å². The number of aromatic nitrogens is 8. The zero-order chi connectivity index (χ0) is 51.0. The van der Waals surface area contributed by atoms with E-state index in [2.05, 4.69) is 128 Å². The summed E-state index contributed by atoms with van der Waals surface area (Å²) in [6.45, 7) is 13.3. The minimum absolute atomic E-state index is 0.403. The third-order valence-electron chi connectivity index (χ3n) is 7.31. The molecule has 4 aromatic rings. The Hall–Kier alpha value is -9.44. The molecule has 0 aromatic carbocycles. The van der Waals surface area contributed by atoms with Crippen LogP contribution in [0.15, 0.2) is 97.2 Å². The normalized spacial score (nSPS) is 7.88. The van der Waals surface area contributed by atoms with Crippen LogP contribution in [0.1, 0.15) is 66.2 Å². The number of imidazole rings is 4. The minimum Gasteiger partial charge on any atom is -0.762 e. The van der Waals surface area contributed by atoms with Crippen molar-refractivity contribution in [3.63, 3.8) is 0 Å². The highest BCUT2D eigenvalue weighted by Crippen LogP contribution is 1.93. The molecule has 340 valence electrons. The molecule has 4 rings (SSSR count). The fourth-order valence-corrected chi connectivity index (χ4v) is 3.91. The number of hydrogen-bond donors (Lipinski definition) is 0. The smallest absolute Gasteiger partial charge is 0.243 e. The Morgan fingerprint density at radius 2 is 0.576 bits per heavy atom. The summed E-state index contributed by atoms with van der Waals surface area (Å²) in [5.74, 6) is 5.58. The van der Waals surface area contributed by atoms with Gasteiger partial charge in [-0.2, -0.15) is 42.1 Å². The summed E-state index contributed by atoms with van der Waals surface area (Å²) in [5, 5.41) is 93.5. The number of nitriles is 8. The van der Waals surface area contributed by atoms with Crippen LogP contribution in [0.25, 0.3) is 21.6 Å². The van der Waals surface area contributed by atoms with Gasteiger partial charge in [-0.05, 0) is 26.2 Å². The molecule has 20 nitrogen and oxygen atoms in total. The first-order chi connectivity index (χ1) is 31.7. The minimum atomic E-state index is -0.403. The third-order valence-corrected chi connectivity index (χ3v) is 7.31. The standard InChI is InChI=1S/3C8H15N2.C6H11N2.4C4N3/c3*1-3-4-5-10-7-6-9(2)8-10;1-3-8-5-4-7(2)6-8;4*5-1-4(2-6)3-7/h3*6-8H,3-5H2,1-2H3;4-6H,3H2,1-2H3;;;;/q4*+1;4*-1. The quantitative estimate of drug-likeness (QED) is 0.124. The van der Waals surface area contributed by atoms with Gasteiger partial charge in [0.15, 0.2) is 0 Å². The fraction of sp³-hybridized carbons (Fsp3) is 0.391. The summed E-state index contributed by atoms with van der Waals surface area (Å²) in [6, 6.07) is 11.2. The van der Waals surface area contributed by atoms with E-state index in [9.17, 15) is 0 Å². The molecule has 66 heavy (non-hydrogen) atoms. The van der Waals surface area contributed by atoms with Gasteiger partial charge in [0.25, 0.3) is 0 Å². The van der Waals surface area contributed by atoms with Crippen LogP contribution < -0.4 is 18.3 Å². The van der Waals surface area contributed by atoms with Crippen molar-refractivity contribution in [3.8, 4) is 48.6 Å². The van der Waals surface area contributed by atoms with Gasteiger partial charge >= 0.3 is 0 Å². The van der Waals surface area contributed by atoms with Crippen LogP contribution >= 0.6 is 0 Å². The van der Waals surface area contributed by atoms with Crippen molar-refractivity contribution < 1.29 is 18.3 Å². The maximum absolute atomic E-state index is 7.79. The lowest BCUT2D eigenvalue weighted by Crippen LogP contribution is -2.23. The molecule has 4 heterocycles. The number of aryl methyl sites for hydroxylation is 8. The maximum atomic E-state index is 7.79. The van der Waals surface area contributed by atoms with Crippen molar-refractivity contribution in [3.05, 3.63) is 119 Å². The van der Waals surface area contributed by atoms with E-state index in [1.807, 2.05) is 39.0 Å². The lowest BCUT2D eigenvalue weighted by atomic mass is 10.3. The zero-order valence-electron chi connectivity index (χ0n) is 38.9. The Morgan fingerprint density at radius 3 is 0.667 bits per heavy atom. The fourth-order valence-electron chi connectivity index (χ4n) is 3.91. The highest BCUT2D eigenvalue weighted by Gasteiger charge is 1.98. The highest BCUT2D eigenvalue weighted by atomic mass is 15.1. The maximum Gasteiger partial charge on any atom is 0.243 e. The second-order valence-corrected chi connectivity index (χ2v) is 12.8. The van der Waals surface area contributed by atoms with Crippen LogP contribution in [0.5, 0.6) is 0 Å². The molecule has 0 N–H and O–H groups in total. The average molecular weight is 889 g/mol. The molecule has 0 aliphatic rings. The van der Waals surface area contributed by atoms with E-state index in [4.69, 9.17) is 63.7 Å². The van der Waals surface area contributed by atoms with Gasteiger partial charge in [-0.3, -0.25) is 0 Å². The Labute approximate surface area is 389 Å². The summed E-state index contributed by atoms with van der Waals surface area (Å²) >= 11 is 0. The molecule has 0 saturated carbocycles. The summed E-state index contributed by atoms with van der Waals surface area (Å²) in [5.41, 5.74) is -1.61. The number of rotatable bonds is 10. The Balaban J connectivity index is -0.000000335. The number of allylic oxidation sites excluding steroid dienone is 4. The van der Waals surface area contributed by atoms with Crippen LogP contribution in [0.4, 0.5) is 0 Å². The second-order valence-electron chi connectivity index (χ2n) is 12.8. The van der Waals surface area contributed by atoms with E-state index in [1.54, 1.807) is 0 Å². The Bertz CT molecular complexity index is 2200. The molecule has 0 atom stereocenters. The first-order valence-corrected chi connectivity index (χ1v) is 20.0. The van der Waals surface area contributed by atoms with Crippen molar-refractivity contribution >= 4 is 23.5 Å². The van der Waals surface area contributed by atoms with Crippen LogP contribution in [0.2, 0.25) is 0 Å². The van der Waals surface area contributed by atoms with Gasteiger partial charge in [0.1, 0.15) is 120 Å². The lowest BCUT2D eigenvalue weighted by molar-refractivity contribution is -0.671. The predicted molar refractivity (Wildman–Crippen MR) is 245 cm³/mol. The molecular formula is C46H56N20. The summed E-state index contributed by atoms with van der Waals surface area (Å²) in [4.78, 5) is 0. The molecule has 0 aliphatic heterocycles. The number of hydrogen-bond acceptors (Lipinski definition) is 8. The van der Waals surface area contributed by atoms with Gasteiger partial charge < -0.3 is 21.6 Å². The number of nitrogens with zero attached hydrogens (tertiary/aromatic N) is 20. The van der Waals surface area contributed by atoms with Gasteiger partial charge in [-0.25, -0.2) is 60.0 Å². The molecule has 20 heteroatoms. The van der Waals surface area contributed by atoms with E-state index < -0.39 is 22.3 Å². The molecule has 4 aromatic heterocycles. The van der Waals surface area contributed by atoms with Crippen molar-refractivity contribution in [2.24, 2.45) is 28.2 Å². The molecule has 0 fully saturated rings. The van der Waals surface area contributed by atoms with Crippen LogP contribution in [-0.4, -0.2) is 41.7 Å². The van der Waals surface area contributed by atoms with E-state index in [-0.39, 0.29) is 0 Å². The van der Waals surface area contributed by atoms with Gasteiger partial charge in [0.2, 0.25) is 25.3 Å². The molecule has 0 unspecified atom stereocenters. The van der Waals surface area contributed by atoms with Crippen LogP contribution in [-0.2, 0) is 54.4 Å². The van der Waals surface area contributed by atoms with Gasteiger partial charge in [-0.1, -0.05) is 40.0 Å². The summed E-state index contributed by atoms with van der Waals surface area (Å²) < 4.78 is 17.0. The van der Waals surface area contributed by atoms with E-state index in [0.717, 1.165) is 26.2 Å². The predicted octanol–water partition coefficient (Wildman–Crippen LogP) is 4.47. The molecule has 0 saturated heterocycles. The Kier molecular flexibility index (Phi) is 43.2. The van der Waals surface area contributed by atoms with Gasteiger partial charge in [0.05, 0.1) is 54.4 Å². The molecule has 0 bridgehead atoms. The van der Waals surface area contributed by atoms with Gasteiger partial charge in [-0.15, -0.1) is 0 Å². The number of unbranched alkanes of at least 4 members (excludes halogenated alkanes) is 3. The molecule has 0 amide bonds. The zero-order valence-corrected chi connectivity index (χ0v) is 38.9. The monoisotopic (exact) mass is 888 g/mol. The van der Waals surface area contributed by atoms with Crippen molar-refractivity contribution in [2.75, 3.05) is 0 Å². The average Bonchev–Trinajstić information content (AvgIpc) is 4.17. The van der Waals surface area contributed by atoms with E-state index in [1.165, 1.54) is 111 Å². The summed E-state index contributed by atoms with van der Waals surface area (Å²) in [7, 11) is 8.15. The van der Waals surface area contributed by atoms with Crippen molar-refractivity contribution in [1.82, 2.24) is 18.3 Å². The Morgan fingerprint density at radius 1 is 0.379 bits per heavy atom. The SMILES string of the molecule is CCCCn1cc[n+](C)c1.CCCCn1cc[n+](C)c1.CCCCn1cc[n+](C)c1.CCn1cc[n+](C)c1.N#CC(=C=[N-])C#N.N#CC(=C=[N-])C#N.N#CC(=C=[N-])C#N.N#CC(=C=[N-])C#N. The molecular weight excluding hydrogens is 833 g/mol. The van der Waals surface area contributed by atoms with Crippen LogP contribution in [0, 0.1) is 90.6 Å². The van der Waals surface area contributed by atoms with Gasteiger partial charge in [0, 0.05) is 0 Å². The molecule has 0 aliphatic carbocycles. The van der Waals surface area contributed by atoms with Crippen LogP contribution in [0.3, 0.4) is 0 Å². The van der Waals surface area contributed by atoms with Crippen molar-refractivity contribution in [2.45, 2.75) is 92.4 Å². The molecule has 0 spiro atoms. The highest BCUT2D eigenvalue weighted by molar-refractivity contribution is 5.72. The van der Waals surface area contributed by atoms with Crippen molar-refractivity contribution in [1.29, 1.82) is 42.1 Å². The topological polar surface area (TPSA) is 315 Å². The molecule has 0 radical (unpaired) electrons.